The van der Waals surface area contributed by atoms with Crippen molar-refractivity contribution in [3.8, 4) is 0 Å². The molecule has 0 fully saturated rings. The Labute approximate surface area is 69.7 Å². The number of nitrogens with zero attached hydrogens (tertiary/aromatic N) is 1. The van der Waals surface area contributed by atoms with Gasteiger partial charge in [-0.05, 0) is 25.5 Å². The molecule has 2 rings (SSSR count). The molecule has 0 amide bonds. The fraction of sp³-hybridized carbons (Fsp3) is 0.222. The lowest BCUT2D eigenvalue weighted by Gasteiger charge is -1.98. The highest BCUT2D eigenvalue weighted by Gasteiger charge is 2.02. The Kier molecular flexibility index (Phi) is 1.33. The maximum Gasteiger partial charge on any atom is 0.272 e. The van der Waals surface area contributed by atoms with Crippen LogP contribution in [-0.2, 0) is 0 Å². The second-order valence-corrected chi connectivity index (χ2v) is 2.98. The molecule has 0 saturated carbocycles. The second-order valence-electron chi connectivity index (χ2n) is 2.98. The first-order chi connectivity index (χ1) is 5.70. The minimum absolute atomic E-state index is 0.0249. The van der Waals surface area contributed by atoms with Crippen molar-refractivity contribution in [1.29, 1.82) is 0 Å². The van der Waals surface area contributed by atoms with Gasteiger partial charge in [0.25, 0.3) is 5.56 Å². The minimum atomic E-state index is -0.0249. The van der Waals surface area contributed by atoms with Gasteiger partial charge in [0.2, 0.25) is 0 Å². The van der Waals surface area contributed by atoms with Gasteiger partial charge in [-0.15, -0.1) is 0 Å². The van der Waals surface area contributed by atoms with Crippen LogP contribution in [0.1, 0.15) is 11.3 Å². The van der Waals surface area contributed by atoms with Crippen molar-refractivity contribution < 1.29 is 0 Å². The Hall–Kier alpha value is -1.51. The Morgan fingerprint density at radius 1 is 1.42 bits per heavy atom. The summed E-state index contributed by atoms with van der Waals surface area (Å²) in [6.07, 6.45) is 3.63. The van der Waals surface area contributed by atoms with Gasteiger partial charge in [0.05, 0.1) is 0 Å². The molecule has 0 aliphatic carbocycles. The van der Waals surface area contributed by atoms with Crippen molar-refractivity contribution in [3.05, 3.63) is 40.1 Å². The van der Waals surface area contributed by atoms with E-state index in [1.165, 1.54) is 0 Å². The lowest BCUT2D eigenvalue weighted by Crippen LogP contribution is -2.10. The largest absolute Gasteiger partial charge is 0.326 e. The molecule has 2 heterocycles. The first-order valence-corrected chi connectivity index (χ1v) is 3.86. The van der Waals surface area contributed by atoms with Gasteiger partial charge in [0.1, 0.15) is 5.52 Å². The topological polar surface area (TPSA) is 37.3 Å². The van der Waals surface area contributed by atoms with E-state index in [0.29, 0.717) is 0 Å². The number of fused-ring (bicyclic) bond motifs is 1. The normalized spacial score (nSPS) is 10.8. The van der Waals surface area contributed by atoms with Crippen LogP contribution in [0.25, 0.3) is 5.52 Å². The van der Waals surface area contributed by atoms with Crippen molar-refractivity contribution in [2.24, 2.45) is 0 Å². The van der Waals surface area contributed by atoms with Crippen LogP contribution in [0, 0.1) is 13.8 Å². The standard InChI is InChI=1S/C9H10N2O/c1-6-3-4-11-7(2)5-10-9(12)8(6)11/h3-5H,1-2H3,(H,10,12). The Morgan fingerprint density at radius 3 is 2.83 bits per heavy atom. The Morgan fingerprint density at radius 2 is 2.17 bits per heavy atom. The molecule has 0 saturated heterocycles. The molecule has 0 radical (unpaired) electrons. The third-order valence-corrected chi connectivity index (χ3v) is 2.10. The van der Waals surface area contributed by atoms with E-state index in [-0.39, 0.29) is 5.56 Å². The molecule has 1 N–H and O–H groups in total. The molecule has 3 nitrogen and oxygen atoms in total. The first kappa shape index (κ1) is 7.16. The van der Waals surface area contributed by atoms with Crippen molar-refractivity contribution >= 4 is 5.52 Å². The van der Waals surface area contributed by atoms with Gasteiger partial charge in [-0.1, -0.05) is 0 Å². The molecular weight excluding hydrogens is 152 g/mol. The minimum Gasteiger partial charge on any atom is -0.326 e. The number of nitrogens with one attached hydrogen (secondary N) is 1. The smallest absolute Gasteiger partial charge is 0.272 e. The van der Waals surface area contributed by atoms with Crippen LogP contribution in [0.4, 0.5) is 0 Å². The van der Waals surface area contributed by atoms with Gasteiger partial charge >= 0.3 is 0 Å². The highest BCUT2D eigenvalue weighted by atomic mass is 16.1. The van der Waals surface area contributed by atoms with Crippen LogP contribution in [-0.4, -0.2) is 9.38 Å². The van der Waals surface area contributed by atoms with Crippen LogP contribution < -0.4 is 5.56 Å². The summed E-state index contributed by atoms with van der Waals surface area (Å²) in [4.78, 5) is 14.0. The van der Waals surface area contributed by atoms with Gasteiger partial charge in [-0.2, -0.15) is 0 Å². The van der Waals surface area contributed by atoms with E-state index < -0.39 is 0 Å². The molecule has 0 unspecified atom stereocenters. The molecule has 0 aromatic carbocycles. The average molecular weight is 162 g/mol. The molecule has 0 aliphatic heterocycles. The second kappa shape index (κ2) is 2.24. The number of hydrogen-bond donors (Lipinski definition) is 1. The zero-order valence-electron chi connectivity index (χ0n) is 7.09. The maximum atomic E-state index is 11.3. The van der Waals surface area contributed by atoms with E-state index in [0.717, 1.165) is 16.8 Å². The Balaban J connectivity index is 3.09. The van der Waals surface area contributed by atoms with Crippen molar-refractivity contribution in [2.45, 2.75) is 13.8 Å². The van der Waals surface area contributed by atoms with E-state index in [2.05, 4.69) is 4.98 Å². The van der Waals surface area contributed by atoms with Crippen LogP contribution in [0.3, 0.4) is 0 Å². The number of aromatic amines is 1. The van der Waals surface area contributed by atoms with Crippen molar-refractivity contribution in [1.82, 2.24) is 9.38 Å². The van der Waals surface area contributed by atoms with Crippen molar-refractivity contribution in [2.75, 3.05) is 0 Å². The molecular formula is C9H10N2O. The quantitative estimate of drug-likeness (QED) is 0.621. The average Bonchev–Trinajstić information content (AvgIpc) is 2.42. The van der Waals surface area contributed by atoms with Crippen LogP contribution >= 0.6 is 0 Å². The fourth-order valence-corrected chi connectivity index (χ4v) is 1.42. The van der Waals surface area contributed by atoms with E-state index in [4.69, 9.17) is 0 Å². The molecule has 0 bridgehead atoms. The van der Waals surface area contributed by atoms with Gasteiger partial charge in [-0.3, -0.25) is 4.79 Å². The van der Waals surface area contributed by atoms with Gasteiger partial charge < -0.3 is 9.38 Å². The summed E-state index contributed by atoms with van der Waals surface area (Å²) < 4.78 is 1.90. The molecule has 2 aromatic rings. The molecule has 12 heavy (non-hydrogen) atoms. The lowest BCUT2D eigenvalue weighted by atomic mass is 10.3. The number of aromatic nitrogens is 2. The summed E-state index contributed by atoms with van der Waals surface area (Å²) >= 11 is 0. The first-order valence-electron chi connectivity index (χ1n) is 3.86. The molecule has 0 aliphatic rings. The summed E-state index contributed by atoms with van der Waals surface area (Å²) in [6, 6.07) is 1.94. The van der Waals surface area contributed by atoms with E-state index in [1.54, 1.807) is 6.20 Å². The summed E-state index contributed by atoms with van der Waals surface area (Å²) in [7, 11) is 0. The molecule has 0 atom stereocenters. The highest BCUT2D eigenvalue weighted by Crippen LogP contribution is 2.07. The zero-order valence-corrected chi connectivity index (χ0v) is 7.09. The maximum absolute atomic E-state index is 11.3. The van der Waals surface area contributed by atoms with E-state index in [1.807, 2.05) is 30.5 Å². The predicted octanol–water partition coefficient (Wildman–Crippen LogP) is 1.24. The van der Waals surface area contributed by atoms with Crippen molar-refractivity contribution in [3.63, 3.8) is 0 Å². The number of H-pyrrole nitrogens is 1. The molecule has 3 heteroatoms. The van der Waals surface area contributed by atoms with Crippen LogP contribution in [0.2, 0.25) is 0 Å². The summed E-state index contributed by atoms with van der Waals surface area (Å²) in [6.45, 7) is 3.90. The third-order valence-electron chi connectivity index (χ3n) is 2.10. The monoisotopic (exact) mass is 162 g/mol. The van der Waals surface area contributed by atoms with Crippen LogP contribution in [0.15, 0.2) is 23.3 Å². The number of aryl methyl sites for hydroxylation is 2. The predicted molar refractivity (Wildman–Crippen MR) is 47.5 cm³/mol. The Bertz CT molecular complexity index is 479. The lowest BCUT2D eigenvalue weighted by molar-refractivity contribution is 1.03. The zero-order chi connectivity index (χ0) is 8.72. The molecule has 0 spiro atoms. The highest BCUT2D eigenvalue weighted by molar-refractivity contribution is 5.53. The summed E-state index contributed by atoms with van der Waals surface area (Å²) in [5, 5.41) is 0. The summed E-state index contributed by atoms with van der Waals surface area (Å²) in [5.74, 6) is 0. The SMILES string of the molecule is Cc1ccn2c(C)c[nH]c(=O)c12. The van der Waals surface area contributed by atoms with E-state index >= 15 is 0 Å². The summed E-state index contributed by atoms with van der Waals surface area (Å²) in [5.41, 5.74) is 2.77. The van der Waals surface area contributed by atoms with Gasteiger partial charge in [-0.25, -0.2) is 0 Å². The van der Waals surface area contributed by atoms with Gasteiger partial charge in [0, 0.05) is 18.1 Å². The molecule has 2 aromatic heterocycles. The van der Waals surface area contributed by atoms with Gasteiger partial charge in [0.15, 0.2) is 0 Å². The molecule has 62 valence electrons. The van der Waals surface area contributed by atoms with Crippen LogP contribution in [0.5, 0.6) is 0 Å². The number of rotatable bonds is 0. The number of hydrogen-bond acceptors (Lipinski definition) is 1. The third kappa shape index (κ3) is 0.794. The van der Waals surface area contributed by atoms with E-state index in [9.17, 15) is 4.79 Å². The fourth-order valence-electron chi connectivity index (χ4n) is 1.42.